The van der Waals surface area contributed by atoms with E-state index >= 15 is 0 Å². The molecule has 172 valence electrons. The molecule has 4 aliphatic rings. The number of phenols is 1. The molecule has 2 bridgehead atoms. The lowest BCUT2D eigenvalue weighted by molar-refractivity contribution is -0.0516. The molecule has 0 aromatic heterocycles. The van der Waals surface area contributed by atoms with Crippen LogP contribution < -0.4 is 15.8 Å². The number of piperidine rings is 1. The minimum Gasteiger partial charge on any atom is -0.504 e. The molecule has 6 rings (SSSR count). The second-order valence-electron chi connectivity index (χ2n) is 9.60. The number of aliphatic imine (C=N–C) groups is 1. The van der Waals surface area contributed by atoms with Crippen molar-refractivity contribution < 1.29 is 14.9 Å². The van der Waals surface area contributed by atoms with Crippen molar-refractivity contribution in [3.63, 3.8) is 0 Å². The van der Waals surface area contributed by atoms with E-state index in [1.807, 2.05) is 42.5 Å². The van der Waals surface area contributed by atoms with Gasteiger partial charge in [-0.1, -0.05) is 36.4 Å². The van der Waals surface area contributed by atoms with Crippen molar-refractivity contribution in [2.45, 2.75) is 42.9 Å². The van der Waals surface area contributed by atoms with Crippen LogP contribution in [0, 0.1) is 5.92 Å². The quantitative estimate of drug-likeness (QED) is 0.243. The number of guanidine groups is 1. The molecule has 2 aliphatic heterocycles. The zero-order valence-electron chi connectivity index (χ0n) is 18.5. The fraction of sp³-hybridized carbons (Fsp3) is 0.423. The van der Waals surface area contributed by atoms with E-state index in [0.29, 0.717) is 24.3 Å². The molecule has 5 N–H and O–H groups in total. The summed E-state index contributed by atoms with van der Waals surface area (Å²) in [6.07, 6.45) is 5.86. The van der Waals surface area contributed by atoms with Gasteiger partial charge in [-0.15, -0.1) is 0 Å². The molecular formula is C26H30N4O3. The number of likely N-dealkylation sites (tertiary alicyclic amines) is 1. The van der Waals surface area contributed by atoms with E-state index in [-0.39, 0.29) is 23.2 Å². The number of nitrogens with zero attached hydrogens (tertiary/aromatic N) is 2. The fourth-order valence-electron chi connectivity index (χ4n) is 6.59. The zero-order chi connectivity index (χ0) is 22.6. The van der Waals surface area contributed by atoms with Gasteiger partial charge in [0.25, 0.3) is 0 Å². The van der Waals surface area contributed by atoms with Crippen LogP contribution in [0.2, 0.25) is 0 Å². The molecule has 0 radical (unpaired) electrons. The topological polar surface area (TPSA) is 103 Å². The standard InChI is InChI=1S/C26H30N4O3/c27-25(29-17-5-2-1-3-6-17)28-12-4-13-30-14-11-26-18-8-10-21(32)24(26)33-23-20(31)9-7-16(22(23)26)15-19(18)30/h1-3,5-10,18-19,21,24,31-32H,4,11-15H2,(H3,27,28,29)/t18-,19+,21-,24-,26-/m0/s1. The van der Waals surface area contributed by atoms with Crippen LogP contribution in [-0.4, -0.2) is 59.0 Å². The van der Waals surface area contributed by atoms with Crippen molar-refractivity contribution in [3.05, 3.63) is 65.7 Å². The first-order valence-electron chi connectivity index (χ1n) is 11.8. The van der Waals surface area contributed by atoms with Crippen LogP contribution in [-0.2, 0) is 11.8 Å². The third-order valence-corrected chi connectivity index (χ3v) is 7.92. The average Bonchev–Trinajstić information content (AvgIpc) is 3.17. The third-order valence-electron chi connectivity index (χ3n) is 7.92. The van der Waals surface area contributed by atoms with Crippen molar-refractivity contribution >= 4 is 11.6 Å². The minimum absolute atomic E-state index is 0.184. The normalized spacial score (nSPS) is 31.7. The molecule has 7 nitrogen and oxygen atoms in total. The molecule has 1 saturated heterocycles. The SMILES string of the molecule is NC(=NCCCN1CC[C@]23c4c5ccc(O)c4O[C@H]2[C@@H](O)C=C[C@H]3[C@H]1C5)Nc1ccccc1. The number of ether oxygens (including phenoxy) is 1. The lowest BCUT2D eigenvalue weighted by atomic mass is 9.53. The second kappa shape index (κ2) is 7.78. The van der Waals surface area contributed by atoms with Crippen LogP contribution in [0.5, 0.6) is 11.5 Å². The Morgan fingerprint density at radius 1 is 1.21 bits per heavy atom. The Morgan fingerprint density at radius 2 is 2.06 bits per heavy atom. The summed E-state index contributed by atoms with van der Waals surface area (Å²) in [7, 11) is 0. The summed E-state index contributed by atoms with van der Waals surface area (Å²) in [6.45, 7) is 2.55. The number of rotatable bonds is 5. The number of hydrogen-bond donors (Lipinski definition) is 4. The highest BCUT2D eigenvalue weighted by Crippen LogP contribution is 2.62. The molecule has 5 atom stereocenters. The van der Waals surface area contributed by atoms with Crippen LogP contribution in [0.1, 0.15) is 24.0 Å². The van der Waals surface area contributed by atoms with Crippen molar-refractivity contribution in [3.8, 4) is 11.5 Å². The number of aliphatic hydroxyl groups excluding tert-OH is 1. The number of para-hydroxylation sites is 1. The predicted molar refractivity (Wildman–Crippen MR) is 128 cm³/mol. The van der Waals surface area contributed by atoms with Crippen molar-refractivity contribution in [1.82, 2.24) is 4.90 Å². The van der Waals surface area contributed by atoms with Gasteiger partial charge in [0.1, 0.15) is 12.2 Å². The number of nitrogens with one attached hydrogen (secondary N) is 1. The lowest BCUT2D eigenvalue weighted by Gasteiger charge is -2.57. The number of nitrogens with two attached hydrogens (primary N) is 1. The highest BCUT2D eigenvalue weighted by Gasteiger charge is 2.64. The Hall–Kier alpha value is -3.03. The van der Waals surface area contributed by atoms with Gasteiger partial charge in [0.15, 0.2) is 17.5 Å². The van der Waals surface area contributed by atoms with Crippen LogP contribution in [0.15, 0.2) is 59.6 Å². The number of aromatic hydroxyl groups is 1. The van der Waals surface area contributed by atoms with Crippen LogP contribution in [0.4, 0.5) is 5.69 Å². The maximum Gasteiger partial charge on any atom is 0.193 e. The van der Waals surface area contributed by atoms with E-state index in [1.165, 1.54) is 5.56 Å². The number of anilines is 1. The van der Waals surface area contributed by atoms with Gasteiger partial charge in [-0.05, 0) is 49.6 Å². The zero-order valence-corrected chi connectivity index (χ0v) is 18.5. The summed E-state index contributed by atoms with van der Waals surface area (Å²) in [6, 6.07) is 13.9. The van der Waals surface area contributed by atoms with Gasteiger partial charge in [0, 0.05) is 41.7 Å². The molecule has 0 saturated carbocycles. The Labute approximate surface area is 193 Å². The Kier molecular flexibility index (Phi) is 4.85. The Bertz CT molecular complexity index is 1120. The monoisotopic (exact) mass is 446 g/mol. The lowest BCUT2D eigenvalue weighted by Crippen LogP contribution is -2.65. The number of hydrogen-bond acceptors (Lipinski definition) is 5. The largest absolute Gasteiger partial charge is 0.504 e. The van der Waals surface area contributed by atoms with E-state index < -0.39 is 6.10 Å². The molecule has 1 fully saturated rings. The molecule has 1 spiro atoms. The number of phenolic OH excluding ortho intramolecular Hbond substituents is 1. The van der Waals surface area contributed by atoms with E-state index in [9.17, 15) is 10.2 Å². The summed E-state index contributed by atoms with van der Waals surface area (Å²) < 4.78 is 6.22. The van der Waals surface area contributed by atoms with E-state index in [4.69, 9.17) is 10.5 Å². The summed E-state index contributed by atoms with van der Waals surface area (Å²) >= 11 is 0. The van der Waals surface area contributed by atoms with Gasteiger partial charge in [-0.3, -0.25) is 9.89 Å². The average molecular weight is 447 g/mol. The first kappa shape index (κ1) is 20.6. The number of benzene rings is 2. The van der Waals surface area contributed by atoms with Gasteiger partial charge < -0.3 is 26.0 Å². The Balaban J connectivity index is 1.18. The minimum atomic E-state index is -0.652. The highest BCUT2D eigenvalue weighted by molar-refractivity contribution is 5.92. The smallest absolute Gasteiger partial charge is 0.193 e. The van der Waals surface area contributed by atoms with Crippen LogP contribution in [0.3, 0.4) is 0 Å². The molecule has 2 aromatic rings. The van der Waals surface area contributed by atoms with Gasteiger partial charge in [-0.25, -0.2) is 0 Å². The van der Waals surface area contributed by atoms with Crippen LogP contribution >= 0.6 is 0 Å². The van der Waals surface area contributed by atoms with Crippen molar-refractivity contribution in [2.24, 2.45) is 16.6 Å². The van der Waals surface area contributed by atoms with Crippen molar-refractivity contribution in [1.29, 1.82) is 0 Å². The molecule has 2 aliphatic carbocycles. The maximum absolute atomic E-state index is 10.7. The summed E-state index contributed by atoms with van der Waals surface area (Å²) in [5.74, 6) is 1.48. The van der Waals surface area contributed by atoms with Gasteiger partial charge in [-0.2, -0.15) is 0 Å². The molecule has 33 heavy (non-hydrogen) atoms. The molecule has 7 heteroatoms. The van der Waals surface area contributed by atoms with E-state index in [0.717, 1.165) is 43.6 Å². The van der Waals surface area contributed by atoms with E-state index in [1.54, 1.807) is 6.07 Å². The summed E-state index contributed by atoms with van der Waals surface area (Å²) in [4.78, 5) is 7.07. The molecule has 0 amide bonds. The first-order chi connectivity index (χ1) is 16.1. The van der Waals surface area contributed by atoms with Gasteiger partial charge in [0.2, 0.25) is 0 Å². The molecule has 0 unspecified atom stereocenters. The third kappa shape index (κ3) is 3.14. The van der Waals surface area contributed by atoms with Crippen molar-refractivity contribution in [2.75, 3.05) is 25.0 Å². The maximum atomic E-state index is 10.7. The summed E-state index contributed by atoms with van der Waals surface area (Å²) in [5.41, 5.74) is 9.12. The van der Waals surface area contributed by atoms with Crippen LogP contribution in [0.25, 0.3) is 0 Å². The van der Waals surface area contributed by atoms with E-state index in [2.05, 4.69) is 21.3 Å². The number of aliphatic hydroxyl groups is 1. The molecular weight excluding hydrogens is 416 g/mol. The second-order valence-corrected chi connectivity index (χ2v) is 9.60. The molecule has 2 heterocycles. The highest BCUT2D eigenvalue weighted by atomic mass is 16.5. The van der Waals surface area contributed by atoms with Gasteiger partial charge >= 0.3 is 0 Å². The first-order valence-corrected chi connectivity index (χ1v) is 11.8. The Morgan fingerprint density at radius 3 is 2.91 bits per heavy atom. The predicted octanol–water partition coefficient (Wildman–Crippen LogP) is 2.39. The molecule has 2 aromatic carbocycles. The fourth-order valence-corrected chi connectivity index (χ4v) is 6.59. The van der Waals surface area contributed by atoms with Gasteiger partial charge in [0.05, 0.1) is 0 Å². The summed E-state index contributed by atoms with van der Waals surface area (Å²) in [5, 5.41) is 24.3.